The quantitative estimate of drug-likeness (QED) is 0.782. The molecule has 1 aromatic rings. The Hall–Kier alpha value is -1.85. The third kappa shape index (κ3) is 3.37. The van der Waals surface area contributed by atoms with E-state index in [9.17, 15) is 4.79 Å². The molecule has 0 bridgehead atoms. The van der Waals surface area contributed by atoms with Gasteiger partial charge in [-0.3, -0.25) is 4.79 Å². The molecule has 6 nitrogen and oxygen atoms in total. The van der Waals surface area contributed by atoms with Crippen LogP contribution in [0.2, 0.25) is 0 Å². The number of carbonyl (C=O) groups excluding carboxylic acids is 1. The SMILES string of the molecule is COC(=O)CC1CCCCN1c1cc(OC)nc(C)n1. The maximum atomic E-state index is 11.5. The van der Waals surface area contributed by atoms with Gasteiger partial charge in [-0.1, -0.05) is 0 Å². The van der Waals surface area contributed by atoms with Crippen LogP contribution in [-0.4, -0.2) is 42.7 Å². The average Bonchev–Trinajstić information content (AvgIpc) is 2.47. The molecule has 1 saturated heterocycles. The molecule has 2 heterocycles. The zero-order valence-electron chi connectivity index (χ0n) is 12.3. The second kappa shape index (κ2) is 6.54. The summed E-state index contributed by atoms with van der Waals surface area (Å²) in [6, 6.07) is 1.96. The maximum absolute atomic E-state index is 11.5. The van der Waals surface area contributed by atoms with Crippen LogP contribution in [0.4, 0.5) is 5.82 Å². The van der Waals surface area contributed by atoms with Gasteiger partial charge in [-0.2, -0.15) is 4.98 Å². The summed E-state index contributed by atoms with van der Waals surface area (Å²) in [6.45, 7) is 2.73. The molecule has 0 amide bonds. The molecule has 1 aliphatic rings. The molecule has 1 unspecified atom stereocenters. The van der Waals surface area contributed by atoms with Gasteiger partial charge in [-0.25, -0.2) is 4.98 Å². The molecule has 1 aromatic heterocycles. The van der Waals surface area contributed by atoms with Crippen molar-refractivity contribution >= 4 is 11.8 Å². The lowest BCUT2D eigenvalue weighted by Gasteiger charge is -2.36. The summed E-state index contributed by atoms with van der Waals surface area (Å²) in [5.74, 6) is 1.86. The van der Waals surface area contributed by atoms with Crippen molar-refractivity contribution in [1.82, 2.24) is 9.97 Å². The molecule has 6 heteroatoms. The van der Waals surface area contributed by atoms with Crippen molar-refractivity contribution in [3.05, 3.63) is 11.9 Å². The van der Waals surface area contributed by atoms with Crippen LogP contribution in [-0.2, 0) is 9.53 Å². The first-order valence-electron chi connectivity index (χ1n) is 6.87. The topological polar surface area (TPSA) is 64.5 Å². The van der Waals surface area contributed by atoms with Crippen LogP contribution in [0, 0.1) is 6.92 Å². The number of methoxy groups -OCH3 is 2. The van der Waals surface area contributed by atoms with Crippen molar-refractivity contribution in [2.24, 2.45) is 0 Å². The molecule has 20 heavy (non-hydrogen) atoms. The van der Waals surface area contributed by atoms with E-state index in [1.807, 2.05) is 13.0 Å². The van der Waals surface area contributed by atoms with E-state index in [0.717, 1.165) is 31.6 Å². The van der Waals surface area contributed by atoms with E-state index >= 15 is 0 Å². The highest BCUT2D eigenvalue weighted by molar-refractivity contribution is 5.70. The van der Waals surface area contributed by atoms with Crippen LogP contribution in [0.5, 0.6) is 5.88 Å². The number of nitrogens with zero attached hydrogens (tertiary/aromatic N) is 3. The fraction of sp³-hybridized carbons (Fsp3) is 0.643. The molecule has 1 atom stereocenters. The van der Waals surface area contributed by atoms with Crippen LogP contribution in [0.15, 0.2) is 6.07 Å². The molecule has 0 spiro atoms. The van der Waals surface area contributed by atoms with Crippen molar-refractivity contribution < 1.29 is 14.3 Å². The van der Waals surface area contributed by atoms with Crippen molar-refractivity contribution in [1.29, 1.82) is 0 Å². The Bertz CT molecular complexity index is 479. The van der Waals surface area contributed by atoms with Crippen molar-refractivity contribution in [2.75, 3.05) is 25.7 Å². The predicted molar refractivity (Wildman–Crippen MR) is 74.9 cm³/mol. The summed E-state index contributed by atoms with van der Waals surface area (Å²) in [7, 11) is 3.01. The number of ether oxygens (including phenoxy) is 2. The van der Waals surface area contributed by atoms with Gasteiger partial charge in [0.25, 0.3) is 0 Å². The van der Waals surface area contributed by atoms with Gasteiger partial charge in [0.05, 0.1) is 20.6 Å². The number of esters is 1. The summed E-state index contributed by atoms with van der Waals surface area (Å²) in [5.41, 5.74) is 0. The molecule has 0 N–H and O–H groups in total. The molecule has 0 aliphatic carbocycles. The first-order valence-corrected chi connectivity index (χ1v) is 6.87. The Morgan fingerprint density at radius 2 is 2.20 bits per heavy atom. The zero-order valence-corrected chi connectivity index (χ0v) is 12.3. The van der Waals surface area contributed by atoms with Gasteiger partial charge in [0.15, 0.2) is 0 Å². The van der Waals surface area contributed by atoms with E-state index in [2.05, 4.69) is 14.9 Å². The third-order valence-corrected chi connectivity index (χ3v) is 3.56. The van der Waals surface area contributed by atoms with Crippen LogP contribution >= 0.6 is 0 Å². The number of rotatable bonds is 4. The van der Waals surface area contributed by atoms with Crippen molar-refractivity contribution in [3.63, 3.8) is 0 Å². The maximum Gasteiger partial charge on any atom is 0.307 e. The molecule has 110 valence electrons. The van der Waals surface area contributed by atoms with Gasteiger partial charge in [0, 0.05) is 18.7 Å². The van der Waals surface area contributed by atoms with Crippen LogP contribution in [0.1, 0.15) is 31.5 Å². The average molecular weight is 279 g/mol. The minimum absolute atomic E-state index is 0.134. The number of hydrogen-bond acceptors (Lipinski definition) is 6. The number of aromatic nitrogens is 2. The summed E-state index contributed by atoms with van der Waals surface area (Å²) in [5, 5.41) is 0. The van der Waals surface area contributed by atoms with E-state index in [0.29, 0.717) is 18.1 Å². The minimum atomic E-state index is -0.181. The fourth-order valence-corrected chi connectivity index (χ4v) is 2.57. The van der Waals surface area contributed by atoms with Crippen molar-refractivity contribution in [3.8, 4) is 5.88 Å². The Balaban J connectivity index is 2.22. The third-order valence-electron chi connectivity index (χ3n) is 3.56. The predicted octanol–water partition coefficient (Wildman–Crippen LogP) is 1.72. The lowest BCUT2D eigenvalue weighted by atomic mass is 9.99. The summed E-state index contributed by atoms with van der Waals surface area (Å²) >= 11 is 0. The molecule has 0 aromatic carbocycles. The number of anilines is 1. The lowest BCUT2D eigenvalue weighted by molar-refractivity contribution is -0.141. The fourth-order valence-electron chi connectivity index (χ4n) is 2.57. The highest BCUT2D eigenvalue weighted by Gasteiger charge is 2.26. The first-order chi connectivity index (χ1) is 9.63. The normalized spacial score (nSPS) is 18.8. The van der Waals surface area contributed by atoms with E-state index in [4.69, 9.17) is 9.47 Å². The number of hydrogen-bond donors (Lipinski definition) is 0. The van der Waals surface area contributed by atoms with E-state index in [-0.39, 0.29) is 12.0 Å². The van der Waals surface area contributed by atoms with Gasteiger partial charge in [0.2, 0.25) is 5.88 Å². The molecule has 0 radical (unpaired) electrons. The second-order valence-electron chi connectivity index (χ2n) is 4.94. The van der Waals surface area contributed by atoms with Crippen LogP contribution < -0.4 is 9.64 Å². The number of carbonyl (C=O) groups is 1. The molecule has 0 saturated carbocycles. The van der Waals surface area contributed by atoms with E-state index < -0.39 is 0 Å². The Morgan fingerprint density at radius 3 is 2.90 bits per heavy atom. The lowest BCUT2D eigenvalue weighted by Crippen LogP contribution is -2.41. The van der Waals surface area contributed by atoms with Gasteiger partial charge in [-0.15, -0.1) is 0 Å². The first kappa shape index (κ1) is 14.6. The minimum Gasteiger partial charge on any atom is -0.481 e. The summed E-state index contributed by atoms with van der Waals surface area (Å²) in [6.07, 6.45) is 3.59. The van der Waals surface area contributed by atoms with Crippen LogP contribution in [0.25, 0.3) is 0 Å². The van der Waals surface area contributed by atoms with E-state index in [1.54, 1.807) is 7.11 Å². The van der Waals surface area contributed by atoms with Gasteiger partial charge >= 0.3 is 5.97 Å². The van der Waals surface area contributed by atoms with Gasteiger partial charge in [0.1, 0.15) is 11.6 Å². The summed E-state index contributed by atoms with van der Waals surface area (Å²) < 4.78 is 9.98. The van der Waals surface area contributed by atoms with Crippen molar-refractivity contribution in [2.45, 2.75) is 38.6 Å². The number of aryl methyl sites for hydroxylation is 1. The molecule has 1 aliphatic heterocycles. The Kier molecular flexibility index (Phi) is 4.76. The monoisotopic (exact) mass is 279 g/mol. The van der Waals surface area contributed by atoms with Gasteiger partial charge in [-0.05, 0) is 26.2 Å². The Labute approximate surface area is 119 Å². The van der Waals surface area contributed by atoms with Crippen LogP contribution in [0.3, 0.4) is 0 Å². The second-order valence-corrected chi connectivity index (χ2v) is 4.94. The largest absolute Gasteiger partial charge is 0.481 e. The molecule has 1 fully saturated rings. The standard InChI is InChI=1S/C14H21N3O3/c1-10-15-12(9-13(16-10)19-2)17-7-5-4-6-11(17)8-14(18)20-3/h9,11H,4-8H2,1-3H3. The molecule has 2 rings (SSSR count). The van der Waals surface area contributed by atoms with Gasteiger partial charge < -0.3 is 14.4 Å². The zero-order chi connectivity index (χ0) is 14.5. The molecular formula is C14H21N3O3. The Morgan fingerprint density at radius 1 is 1.40 bits per heavy atom. The number of piperidine rings is 1. The van der Waals surface area contributed by atoms with E-state index in [1.165, 1.54) is 7.11 Å². The highest BCUT2D eigenvalue weighted by Crippen LogP contribution is 2.27. The smallest absolute Gasteiger partial charge is 0.307 e. The molecular weight excluding hydrogens is 258 g/mol. The highest BCUT2D eigenvalue weighted by atomic mass is 16.5. The summed E-state index contributed by atoms with van der Waals surface area (Å²) in [4.78, 5) is 22.4.